The van der Waals surface area contributed by atoms with Gasteiger partial charge in [0.15, 0.2) is 0 Å². The van der Waals surface area contributed by atoms with E-state index in [0.717, 1.165) is 42.9 Å². The van der Waals surface area contributed by atoms with Gasteiger partial charge in [-0.3, -0.25) is 0 Å². The molecule has 4 aromatic rings. The van der Waals surface area contributed by atoms with Gasteiger partial charge in [0.25, 0.3) is 0 Å². The average molecular weight is 466 g/mol. The summed E-state index contributed by atoms with van der Waals surface area (Å²) in [7, 11) is 1.40. The topological polar surface area (TPSA) is 38.8 Å². The molecule has 4 nitrogen and oxygen atoms in total. The highest BCUT2D eigenvalue weighted by molar-refractivity contribution is 5.90. The summed E-state index contributed by atoms with van der Waals surface area (Å²) < 4.78 is 11.2. The number of rotatable bonds is 7. The third-order valence-electron chi connectivity index (χ3n) is 6.95. The van der Waals surface area contributed by atoms with Gasteiger partial charge in [-0.2, -0.15) is 0 Å². The second-order valence-corrected chi connectivity index (χ2v) is 9.26. The molecule has 0 saturated heterocycles. The molecule has 0 saturated carbocycles. The van der Waals surface area contributed by atoms with E-state index in [2.05, 4.69) is 60.4 Å². The Morgan fingerprint density at radius 3 is 2.54 bits per heavy atom. The van der Waals surface area contributed by atoms with Gasteiger partial charge in [-0.1, -0.05) is 61.5 Å². The van der Waals surface area contributed by atoms with Gasteiger partial charge in [-0.05, 0) is 77.9 Å². The Bertz CT molecular complexity index is 1310. The smallest absolute Gasteiger partial charge is 0.337 e. The third-order valence-corrected chi connectivity index (χ3v) is 6.95. The van der Waals surface area contributed by atoms with Crippen molar-refractivity contribution in [2.75, 3.05) is 18.6 Å². The number of carbonyl (C=O) groups is 1. The lowest BCUT2D eigenvalue weighted by Crippen LogP contribution is -2.37. The fourth-order valence-corrected chi connectivity index (χ4v) is 5.08. The molecule has 1 unspecified atom stereocenters. The molecule has 1 aliphatic rings. The van der Waals surface area contributed by atoms with Crippen LogP contribution in [-0.4, -0.2) is 25.7 Å². The van der Waals surface area contributed by atoms with Crippen molar-refractivity contribution in [2.24, 2.45) is 0 Å². The van der Waals surface area contributed by atoms with Crippen LogP contribution in [0.1, 0.15) is 48.0 Å². The molecule has 0 aromatic heterocycles. The molecule has 0 radical (unpaired) electrons. The van der Waals surface area contributed by atoms with Gasteiger partial charge in [0.1, 0.15) is 11.9 Å². The number of benzene rings is 4. The molecule has 4 heteroatoms. The highest BCUT2D eigenvalue weighted by Crippen LogP contribution is 2.39. The summed E-state index contributed by atoms with van der Waals surface area (Å²) in [6.45, 7) is 3.10. The maximum atomic E-state index is 11.8. The van der Waals surface area contributed by atoms with Crippen LogP contribution >= 0.6 is 0 Å². The molecule has 2 atom stereocenters. The van der Waals surface area contributed by atoms with Crippen molar-refractivity contribution in [1.29, 1.82) is 0 Å². The zero-order chi connectivity index (χ0) is 24.2. The first kappa shape index (κ1) is 23.0. The molecule has 0 bridgehead atoms. The van der Waals surface area contributed by atoms with Crippen LogP contribution in [0.3, 0.4) is 0 Å². The van der Waals surface area contributed by atoms with Crippen molar-refractivity contribution in [2.45, 2.75) is 38.2 Å². The van der Waals surface area contributed by atoms with Gasteiger partial charge in [0, 0.05) is 5.69 Å². The average Bonchev–Trinajstić information content (AvgIpc) is 2.92. The van der Waals surface area contributed by atoms with Gasteiger partial charge in [-0.25, -0.2) is 4.79 Å². The van der Waals surface area contributed by atoms with Crippen LogP contribution in [0, 0.1) is 0 Å². The SMILES string of the molecule is COC(=O)c1ccc(N2CC(CCC[C@H](C)c3cccc4ccccc34)Oc3ccccc32)cc1. The Labute approximate surface area is 207 Å². The number of fused-ring (bicyclic) bond motifs is 2. The number of carbonyl (C=O) groups excluding carboxylic acids is 1. The number of methoxy groups -OCH3 is 1. The summed E-state index contributed by atoms with van der Waals surface area (Å²) in [5, 5.41) is 2.66. The second-order valence-electron chi connectivity index (χ2n) is 9.26. The van der Waals surface area contributed by atoms with E-state index in [1.165, 1.54) is 23.4 Å². The van der Waals surface area contributed by atoms with Gasteiger partial charge in [0.2, 0.25) is 0 Å². The zero-order valence-corrected chi connectivity index (χ0v) is 20.3. The standard InChI is InChI=1S/C31H31NO3/c1-22(27-14-8-11-23-10-3-4-13-28(23)27)9-7-12-26-21-32(29-15-5-6-16-30(29)35-26)25-19-17-24(18-20-25)31(33)34-2/h3-6,8,10-11,13-20,22,26H,7,9,12,21H2,1-2H3/t22-,26?/m0/s1. The van der Waals surface area contributed by atoms with Crippen molar-refractivity contribution in [1.82, 2.24) is 0 Å². The summed E-state index contributed by atoms with van der Waals surface area (Å²) >= 11 is 0. The minimum Gasteiger partial charge on any atom is -0.486 e. The van der Waals surface area contributed by atoms with E-state index in [1.807, 2.05) is 42.5 Å². The number of nitrogens with zero attached hydrogens (tertiary/aromatic N) is 1. The summed E-state index contributed by atoms with van der Waals surface area (Å²) in [6.07, 6.45) is 3.29. The van der Waals surface area contributed by atoms with Crippen LogP contribution in [0.5, 0.6) is 5.75 Å². The molecule has 0 fully saturated rings. The van der Waals surface area contributed by atoms with Gasteiger partial charge >= 0.3 is 5.97 Å². The Morgan fingerprint density at radius 1 is 0.971 bits per heavy atom. The molecular formula is C31H31NO3. The minimum atomic E-state index is -0.322. The zero-order valence-electron chi connectivity index (χ0n) is 20.3. The summed E-state index contributed by atoms with van der Waals surface area (Å²) in [6, 6.07) is 31.0. The Morgan fingerprint density at radius 2 is 1.71 bits per heavy atom. The number of para-hydroxylation sites is 2. The molecule has 4 aromatic carbocycles. The Hall–Kier alpha value is -3.79. The van der Waals surface area contributed by atoms with E-state index in [1.54, 1.807) is 0 Å². The lowest BCUT2D eigenvalue weighted by Gasteiger charge is -2.36. The van der Waals surface area contributed by atoms with Crippen molar-refractivity contribution in [3.05, 3.63) is 102 Å². The first-order valence-electron chi connectivity index (χ1n) is 12.3. The van der Waals surface area contributed by atoms with E-state index in [4.69, 9.17) is 9.47 Å². The molecule has 35 heavy (non-hydrogen) atoms. The van der Waals surface area contributed by atoms with Crippen molar-refractivity contribution < 1.29 is 14.3 Å². The summed E-state index contributed by atoms with van der Waals surface area (Å²) in [4.78, 5) is 14.1. The number of hydrogen-bond donors (Lipinski definition) is 0. The number of hydrogen-bond acceptors (Lipinski definition) is 4. The predicted octanol–water partition coefficient (Wildman–Crippen LogP) is 7.50. The van der Waals surface area contributed by atoms with Crippen LogP contribution in [-0.2, 0) is 4.74 Å². The minimum absolute atomic E-state index is 0.102. The number of anilines is 2. The fourth-order valence-electron chi connectivity index (χ4n) is 5.08. The molecule has 1 aliphatic heterocycles. The molecular weight excluding hydrogens is 434 g/mol. The molecule has 0 aliphatic carbocycles. The van der Waals surface area contributed by atoms with Crippen molar-refractivity contribution >= 4 is 28.1 Å². The van der Waals surface area contributed by atoms with E-state index in [-0.39, 0.29) is 12.1 Å². The maximum absolute atomic E-state index is 11.8. The van der Waals surface area contributed by atoms with E-state index >= 15 is 0 Å². The van der Waals surface area contributed by atoms with Gasteiger partial charge in [-0.15, -0.1) is 0 Å². The first-order valence-corrected chi connectivity index (χ1v) is 12.3. The monoisotopic (exact) mass is 465 g/mol. The lowest BCUT2D eigenvalue weighted by atomic mass is 9.90. The van der Waals surface area contributed by atoms with E-state index < -0.39 is 0 Å². The summed E-state index contributed by atoms with van der Waals surface area (Å²) in [5.41, 5.74) is 4.07. The van der Waals surface area contributed by atoms with Crippen molar-refractivity contribution in [3.63, 3.8) is 0 Å². The molecule has 178 valence electrons. The number of esters is 1. The molecule has 0 N–H and O–H groups in total. The lowest BCUT2D eigenvalue weighted by molar-refractivity contribution is 0.0600. The largest absolute Gasteiger partial charge is 0.486 e. The van der Waals surface area contributed by atoms with Crippen molar-refractivity contribution in [3.8, 4) is 5.75 Å². The normalized spacial score (nSPS) is 15.8. The summed E-state index contributed by atoms with van der Waals surface area (Å²) in [5.74, 6) is 1.07. The number of ether oxygens (including phenoxy) is 2. The van der Waals surface area contributed by atoms with Gasteiger partial charge < -0.3 is 14.4 Å². The van der Waals surface area contributed by atoms with Crippen LogP contribution in [0.2, 0.25) is 0 Å². The molecule has 1 heterocycles. The van der Waals surface area contributed by atoms with Crippen LogP contribution in [0.15, 0.2) is 91.0 Å². The van der Waals surface area contributed by atoms with E-state index in [0.29, 0.717) is 11.5 Å². The predicted molar refractivity (Wildman–Crippen MR) is 142 cm³/mol. The van der Waals surface area contributed by atoms with Crippen LogP contribution < -0.4 is 9.64 Å². The van der Waals surface area contributed by atoms with Crippen LogP contribution in [0.25, 0.3) is 10.8 Å². The Balaban J connectivity index is 1.28. The fraction of sp³-hybridized carbons (Fsp3) is 0.258. The molecule has 0 amide bonds. The highest BCUT2D eigenvalue weighted by Gasteiger charge is 2.26. The maximum Gasteiger partial charge on any atom is 0.337 e. The third kappa shape index (κ3) is 4.88. The van der Waals surface area contributed by atoms with Gasteiger partial charge in [0.05, 0.1) is 24.9 Å². The second kappa shape index (κ2) is 10.2. The first-order chi connectivity index (χ1) is 17.1. The highest BCUT2D eigenvalue weighted by atomic mass is 16.5. The van der Waals surface area contributed by atoms with Crippen LogP contribution in [0.4, 0.5) is 11.4 Å². The molecule has 0 spiro atoms. The Kier molecular flexibility index (Phi) is 6.71. The molecule has 5 rings (SSSR count). The van der Waals surface area contributed by atoms with E-state index in [9.17, 15) is 4.79 Å². The quantitative estimate of drug-likeness (QED) is 0.265.